The molecule has 8 heteroatoms. The summed E-state index contributed by atoms with van der Waals surface area (Å²) >= 11 is 5.18. The second-order valence-electron chi connectivity index (χ2n) is 5.32. The SMILES string of the molecule is O=C(Cl)c1cc2ccccc2n1F.O=C(O)c1cc2ccccc2n1F. The quantitative estimate of drug-likeness (QED) is 0.510. The van der Waals surface area contributed by atoms with Crippen LogP contribution >= 0.6 is 11.6 Å². The summed E-state index contributed by atoms with van der Waals surface area (Å²) in [5.74, 6) is -1.27. The zero-order chi connectivity index (χ0) is 18.8. The lowest BCUT2D eigenvalue weighted by molar-refractivity contribution is 0.0674. The van der Waals surface area contributed by atoms with Crippen LogP contribution in [0.1, 0.15) is 21.0 Å². The van der Waals surface area contributed by atoms with Crippen molar-refractivity contribution in [2.24, 2.45) is 0 Å². The van der Waals surface area contributed by atoms with Crippen LogP contribution in [0.5, 0.6) is 0 Å². The second kappa shape index (κ2) is 6.97. The van der Waals surface area contributed by atoms with Crippen molar-refractivity contribution in [3.05, 3.63) is 72.1 Å². The highest BCUT2D eigenvalue weighted by atomic mass is 35.5. The van der Waals surface area contributed by atoms with E-state index in [1.807, 2.05) is 0 Å². The first-order chi connectivity index (χ1) is 12.4. The molecule has 0 spiro atoms. The van der Waals surface area contributed by atoms with Gasteiger partial charge in [-0.2, -0.15) is 9.58 Å². The molecule has 0 fully saturated rings. The summed E-state index contributed by atoms with van der Waals surface area (Å²) in [5.41, 5.74) is 0.149. The van der Waals surface area contributed by atoms with Gasteiger partial charge in [0.15, 0.2) is 5.69 Å². The largest absolute Gasteiger partial charge is 0.476 e. The Hall–Kier alpha value is -3.19. The van der Waals surface area contributed by atoms with Gasteiger partial charge >= 0.3 is 5.97 Å². The Balaban J connectivity index is 0.000000151. The van der Waals surface area contributed by atoms with Crippen molar-refractivity contribution in [1.82, 2.24) is 9.58 Å². The number of carboxylic acids is 1. The number of fused-ring (bicyclic) bond motifs is 2. The molecule has 1 N–H and O–H groups in total. The molecule has 2 heterocycles. The molecule has 0 saturated carbocycles. The topological polar surface area (TPSA) is 64.2 Å². The Morgan fingerprint density at radius 2 is 1.23 bits per heavy atom. The lowest BCUT2D eigenvalue weighted by Crippen LogP contribution is -2.00. The molecular weight excluding hydrogens is 366 g/mol. The first-order valence-electron chi connectivity index (χ1n) is 7.36. The second-order valence-corrected chi connectivity index (χ2v) is 5.66. The van der Waals surface area contributed by atoms with Gasteiger partial charge in [-0.25, -0.2) is 4.79 Å². The lowest BCUT2D eigenvalue weighted by Gasteiger charge is -1.92. The number of carboxylic acid groups (broad SMARTS) is 1. The molecule has 0 saturated heterocycles. The van der Waals surface area contributed by atoms with E-state index in [0.717, 1.165) is 0 Å². The first-order valence-corrected chi connectivity index (χ1v) is 7.74. The molecule has 0 radical (unpaired) electrons. The maximum Gasteiger partial charge on any atom is 0.355 e. The number of halogens is 3. The van der Waals surface area contributed by atoms with Gasteiger partial charge in [0.05, 0.1) is 11.0 Å². The molecule has 0 amide bonds. The molecule has 0 bridgehead atoms. The van der Waals surface area contributed by atoms with Gasteiger partial charge in [0.1, 0.15) is 5.69 Å². The molecule has 0 aliphatic carbocycles. The maximum atomic E-state index is 13.3. The van der Waals surface area contributed by atoms with E-state index in [0.29, 0.717) is 21.1 Å². The van der Waals surface area contributed by atoms with Gasteiger partial charge in [-0.1, -0.05) is 45.4 Å². The average Bonchev–Trinajstić information content (AvgIpc) is 3.14. The van der Waals surface area contributed by atoms with Crippen molar-refractivity contribution >= 4 is 44.6 Å². The molecule has 0 aliphatic heterocycles. The minimum Gasteiger partial charge on any atom is -0.476 e. The monoisotopic (exact) mass is 376 g/mol. The highest BCUT2D eigenvalue weighted by molar-refractivity contribution is 6.67. The van der Waals surface area contributed by atoms with Gasteiger partial charge < -0.3 is 5.11 Å². The van der Waals surface area contributed by atoms with Gasteiger partial charge in [0.2, 0.25) is 0 Å². The Morgan fingerprint density at radius 1 is 0.808 bits per heavy atom. The summed E-state index contributed by atoms with van der Waals surface area (Å²) in [6, 6.07) is 16.1. The predicted octanol–water partition coefficient (Wildman–Crippen LogP) is 4.83. The van der Waals surface area contributed by atoms with E-state index in [-0.39, 0.29) is 21.7 Å². The normalized spacial score (nSPS) is 10.6. The Bertz CT molecular complexity index is 1040. The fourth-order valence-electron chi connectivity index (χ4n) is 2.52. The van der Waals surface area contributed by atoms with Crippen LogP contribution in [0.3, 0.4) is 0 Å². The lowest BCUT2D eigenvalue weighted by atomic mass is 10.2. The van der Waals surface area contributed by atoms with E-state index in [4.69, 9.17) is 16.7 Å². The minimum absolute atomic E-state index is 0.136. The number of carbonyl (C=O) groups excluding carboxylic acids is 1. The van der Waals surface area contributed by atoms with E-state index in [1.165, 1.54) is 18.2 Å². The zero-order valence-electron chi connectivity index (χ0n) is 13.1. The van der Waals surface area contributed by atoms with Crippen molar-refractivity contribution in [3.63, 3.8) is 0 Å². The summed E-state index contributed by atoms with van der Waals surface area (Å²) in [4.78, 5) is 21.7. The molecule has 0 unspecified atom stereocenters. The Labute approximate surface area is 150 Å². The van der Waals surface area contributed by atoms with Crippen LogP contribution in [0.2, 0.25) is 0 Å². The summed E-state index contributed by atoms with van der Waals surface area (Å²) in [6.07, 6.45) is 0. The van der Waals surface area contributed by atoms with Crippen LogP contribution in [-0.4, -0.2) is 25.9 Å². The number of para-hydroxylation sites is 2. The maximum absolute atomic E-state index is 13.3. The van der Waals surface area contributed by atoms with E-state index < -0.39 is 11.2 Å². The molecule has 0 aliphatic rings. The number of aromatic nitrogens is 2. The Morgan fingerprint density at radius 3 is 1.65 bits per heavy atom. The highest BCUT2D eigenvalue weighted by Crippen LogP contribution is 2.21. The Kier molecular flexibility index (Phi) is 4.73. The molecule has 4 aromatic rings. The molecule has 2 aromatic heterocycles. The molecule has 4 rings (SSSR count). The zero-order valence-corrected chi connectivity index (χ0v) is 13.8. The number of rotatable bonds is 2. The fraction of sp³-hybridized carbons (Fsp3) is 0. The van der Waals surface area contributed by atoms with Gasteiger partial charge in [-0.05, 0) is 35.9 Å². The van der Waals surface area contributed by atoms with Crippen LogP contribution in [0.25, 0.3) is 21.8 Å². The number of carbonyl (C=O) groups is 2. The first kappa shape index (κ1) is 17.6. The molecule has 2 aromatic carbocycles. The van der Waals surface area contributed by atoms with Crippen molar-refractivity contribution in [2.75, 3.05) is 0 Å². The van der Waals surface area contributed by atoms with Gasteiger partial charge in [0.25, 0.3) is 5.24 Å². The third kappa shape index (κ3) is 3.16. The summed E-state index contributed by atoms with van der Waals surface area (Å²) in [7, 11) is 0. The van der Waals surface area contributed by atoms with Crippen molar-refractivity contribution < 1.29 is 23.7 Å². The minimum atomic E-state index is -1.27. The number of hydrogen-bond acceptors (Lipinski definition) is 2. The number of hydrogen-bond donors (Lipinski definition) is 1. The number of nitrogens with zero attached hydrogens (tertiary/aromatic N) is 2. The van der Waals surface area contributed by atoms with Crippen LogP contribution in [0.15, 0.2) is 60.7 Å². The molecule has 26 heavy (non-hydrogen) atoms. The van der Waals surface area contributed by atoms with Gasteiger partial charge in [-0.15, -0.1) is 0 Å². The molecule has 5 nitrogen and oxygen atoms in total. The van der Waals surface area contributed by atoms with E-state index in [2.05, 4.69) is 0 Å². The van der Waals surface area contributed by atoms with E-state index in [9.17, 15) is 18.6 Å². The van der Waals surface area contributed by atoms with Crippen LogP contribution in [-0.2, 0) is 0 Å². The summed E-state index contributed by atoms with van der Waals surface area (Å²) in [5, 5.41) is 9.06. The third-order valence-corrected chi connectivity index (χ3v) is 3.92. The predicted molar refractivity (Wildman–Crippen MR) is 94.0 cm³/mol. The standard InChI is InChI=1S/C9H5ClFNO.C9H6FNO2/c10-9(13)8-5-6-3-1-2-4-7(6)12(8)11;10-11-7-4-2-1-3-6(7)5-8(11)9(12)13/h1-5H;1-5H,(H,12,13). The molecular formula is C18H11ClF2N2O3. The summed E-state index contributed by atoms with van der Waals surface area (Å²) < 4.78 is 26.5. The highest BCUT2D eigenvalue weighted by Gasteiger charge is 2.14. The molecule has 132 valence electrons. The van der Waals surface area contributed by atoms with Crippen molar-refractivity contribution in [3.8, 4) is 0 Å². The number of benzene rings is 2. The molecule has 0 atom stereocenters. The smallest absolute Gasteiger partial charge is 0.355 e. The van der Waals surface area contributed by atoms with Crippen LogP contribution in [0.4, 0.5) is 8.96 Å². The average molecular weight is 377 g/mol. The summed E-state index contributed by atoms with van der Waals surface area (Å²) in [6.45, 7) is 0. The van der Waals surface area contributed by atoms with Crippen LogP contribution < -0.4 is 0 Å². The fourth-order valence-corrected chi connectivity index (χ4v) is 2.65. The number of aromatic carboxylic acids is 1. The third-order valence-electron chi connectivity index (χ3n) is 3.72. The van der Waals surface area contributed by atoms with Gasteiger partial charge in [0, 0.05) is 10.8 Å². The van der Waals surface area contributed by atoms with Gasteiger partial charge in [-0.3, -0.25) is 4.79 Å². The van der Waals surface area contributed by atoms with E-state index >= 15 is 0 Å². The van der Waals surface area contributed by atoms with Crippen molar-refractivity contribution in [1.29, 1.82) is 0 Å². The van der Waals surface area contributed by atoms with Crippen molar-refractivity contribution in [2.45, 2.75) is 0 Å². The van der Waals surface area contributed by atoms with Crippen LogP contribution in [0, 0.1) is 0 Å². The van der Waals surface area contributed by atoms with E-state index in [1.54, 1.807) is 42.5 Å².